The monoisotopic (exact) mass is 399 g/mol. The minimum atomic E-state index is -0.141. The van der Waals surface area contributed by atoms with Gasteiger partial charge in [0, 0.05) is 23.5 Å². The van der Waals surface area contributed by atoms with Gasteiger partial charge in [-0.3, -0.25) is 19.7 Å². The van der Waals surface area contributed by atoms with Crippen LogP contribution in [0.25, 0.3) is 0 Å². The number of Topliss-reactive ketones (excluding diaryl/α,β-unsaturated/α-hetero) is 1. The summed E-state index contributed by atoms with van der Waals surface area (Å²) in [6.45, 7) is 13.3. The number of hydrogen-bond acceptors (Lipinski definition) is 4. The molecule has 0 aromatic heterocycles. The lowest BCUT2D eigenvalue weighted by molar-refractivity contribution is -0.135. The number of piperidine rings is 1. The molecule has 1 aliphatic heterocycles. The van der Waals surface area contributed by atoms with E-state index in [1.165, 1.54) is 0 Å². The summed E-state index contributed by atoms with van der Waals surface area (Å²) in [4.78, 5) is 32.5. The Balaban J connectivity index is 0. The zero-order chi connectivity index (χ0) is 21.6. The highest BCUT2D eigenvalue weighted by molar-refractivity contribution is 6.32. The number of carbonyl (C=O) groups is 3. The molecule has 2 rings (SSSR count). The number of amides is 2. The van der Waals surface area contributed by atoms with Crippen LogP contribution in [-0.2, 0) is 16.0 Å². The number of carbonyl (C=O) groups excluding carboxylic acids is 3. The van der Waals surface area contributed by atoms with Crippen molar-refractivity contribution in [1.82, 2.24) is 5.32 Å². The van der Waals surface area contributed by atoms with Crippen LogP contribution in [0.15, 0.2) is 12.1 Å². The number of benzene rings is 1. The van der Waals surface area contributed by atoms with E-state index in [1.807, 2.05) is 41.5 Å². The first-order valence-corrected chi connectivity index (χ1v) is 9.89. The zero-order valence-corrected chi connectivity index (χ0v) is 18.6. The van der Waals surface area contributed by atoms with Crippen molar-refractivity contribution in [3.8, 4) is 5.75 Å². The van der Waals surface area contributed by atoms with Gasteiger partial charge in [0.15, 0.2) is 5.78 Å². The molecule has 6 heteroatoms. The number of halogens is 1. The lowest BCUT2D eigenvalue weighted by Gasteiger charge is -2.15. The molecule has 2 amide bonds. The molecule has 154 valence electrons. The molecule has 1 N–H and O–H groups in total. The quantitative estimate of drug-likeness (QED) is 0.558. The van der Waals surface area contributed by atoms with E-state index in [9.17, 15) is 14.4 Å². The Bertz CT molecular complexity index is 614. The van der Waals surface area contributed by atoms with E-state index in [-0.39, 0.29) is 23.5 Å². The third kappa shape index (κ3) is 9.05. The Morgan fingerprint density at radius 2 is 1.78 bits per heavy atom. The summed E-state index contributed by atoms with van der Waals surface area (Å²) in [5.74, 6) is 0.394. The van der Waals surface area contributed by atoms with Gasteiger partial charge in [0.1, 0.15) is 5.75 Å². The van der Waals surface area contributed by atoms with Crippen LogP contribution < -0.4 is 10.1 Å². The van der Waals surface area contributed by atoms with Crippen LogP contribution in [0.5, 0.6) is 5.75 Å². The topological polar surface area (TPSA) is 72.5 Å². The molecule has 1 unspecified atom stereocenters. The molecule has 1 aromatic rings. The van der Waals surface area contributed by atoms with Crippen molar-refractivity contribution < 1.29 is 19.1 Å². The van der Waals surface area contributed by atoms with Gasteiger partial charge < -0.3 is 4.74 Å². The van der Waals surface area contributed by atoms with Crippen LogP contribution >= 0.6 is 11.6 Å². The average molecular weight is 400 g/mol. The Kier molecular flexibility index (Phi) is 15.4. The summed E-state index contributed by atoms with van der Waals surface area (Å²) in [7, 11) is 1.56. The van der Waals surface area contributed by atoms with Gasteiger partial charge in [-0.05, 0) is 31.9 Å². The van der Waals surface area contributed by atoms with Crippen molar-refractivity contribution in [3.63, 3.8) is 0 Å². The number of ketones is 1. The first kappa shape index (κ1) is 27.3. The molecule has 0 aliphatic carbocycles. The van der Waals surface area contributed by atoms with Gasteiger partial charge >= 0.3 is 0 Å². The van der Waals surface area contributed by atoms with Crippen molar-refractivity contribution in [2.24, 2.45) is 5.92 Å². The largest absolute Gasteiger partial charge is 0.495 e. The molecular formula is C21H34ClNO4. The second-order valence-electron chi connectivity index (χ2n) is 5.37. The zero-order valence-electron chi connectivity index (χ0n) is 17.9. The first-order valence-electron chi connectivity index (χ1n) is 9.51. The molecule has 1 aromatic carbocycles. The molecule has 1 aliphatic rings. The molecule has 0 radical (unpaired) electrons. The summed E-state index contributed by atoms with van der Waals surface area (Å²) in [6, 6.07) is 3.43. The number of methoxy groups -OCH3 is 1. The minimum Gasteiger partial charge on any atom is -0.495 e. The first-order chi connectivity index (χ1) is 12.8. The molecule has 1 atom stereocenters. The normalized spacial score (nSPS) is 14.9. The second kappa shape index (κ2) is 15.2. The van der Waals surface area contributed by atoms with Crippen LogP contribution in [0.3, 0.4) is 0 Å². The van der Waals surface area contributed by atoms with Crippen LogP contribution in [0, 0.1) is 5.92 Å². The maximum Gasteiger partial charge on any atom is 0.229 e. The van der Waals surface area contributed by atoms with Crippen LogP contribution in [0.1, 0.15) is 77.2 Å². The molecule has 5 nitrogen and oxygen atoms in total. The Labute approximate surface area is 168 Å². The number of hydrogen-bond donors (Lipinski definition) is 1. The number of imide groups is 1. The molecule has 1 saturated heterocycles. The van der Waals surface area contributed by atoms with Gasteiger partial charge in [0.25, 0.3) is 0 Å². The van der Waals surface area contributed by atoms with Crippen LogP contribution in [0.2, 0.25) is 5.02 Å². The van der Waals surface area contributed by atoms with Crippen molar-refractivity contribution in [3.05, 3.63) is 28.3 Å². The summed E-state index contributed by atoms with van der Waals surface area (Å²) in [5.41, 5.74) is 1.57. The maximum absolute atomic E-state index is 11.3. The molecule has 1 heterocycles. The molecule has 0 bridgehead atoms. The summed E-state index contributed by atoms with van der Waals surface area (Å²) in [5, 5.41) is 2.80. The Morgan fingerprint density at radius 3 is 2.15 bits per heavy atom. The fraction of sp³-hybridized carbons (Fsp3) is 0.571. The van der Waals surface area contributed by atoms with E-state index >= 15 is 0 Å². The van der Waals surface area contributed by atoms with Gasteiger partial charge in [0.05, 0.1) is 12.1 Å². The van der Waals surface area contributed by atoms with E-state index in [1.54, 1.807) is 26.2 Å². The third-order valence-corrected chi connectivity index (χ3v) is 3.96. The third-order valence-electron chi connectivity index (χ3n) is 3.66. The summed E-state index contributed by atoms with van der Waals surface area (Å²) in [6.07, 6.45) is 1.93. The van der Waals surface area contributed by atoms with Gasteiger partial charge in [-0.1, -0.05) is 53.1 Å². The van der Waals surface area contributed by atoms with E-state index in [2.05, 4.69) is 5.32 Å². The van der Waals surface area contributed by atoms with Gasteiger partial charge in [0.2, 0.25) is 11.8 Å². The Hall–Kier alpha value is -1.88. The smallest absolute Gasteiger partial charge is 0.229 e. The van der Waals surface area contributed by atoms with Crippen LogP contribution in [0.4, 0.5) is 0 Å². The molecular weight excluding hydrogens is 366 g/mol. The van der Waals surface area contributed by atoms with Crippen molar-refractivity contribution in [1.29, 1.82) is 0 Å². The summed E-state index contributed by atoms with van der Waals surface area (Å²) < 4.78 is 5.17. The standard InChI is InChI=1S/C11H13ClO2.C6H9NO2.2C2H6/c1-4-8-9(7(2)13)5-6-10(12)11(8)14-3;1-4-2-3-5(8)7-6(4)9;2*1-2/h5-6H,4H2,1-3H3;4H,2-3H2,1H3,(H,7,8,9);2*1-2H3. The lowest BCUT2D eigenvalue weighted by Crippen LogP contribution is -2.39. The van der Waals surface area contributed by atoms with E-state index in [4.69, 9.17) is 16.3 Å². The SMILES string of the molecule is CC.CC.CC1CCC(=O)NC1=O.CCc1c(C(C)=O)ccc(Cl)c1OC. The average Bonchev–Trinajstić information content (AvgIpc) is 2.68. The molecule has 0 saturated carbocycles. The van der Waals surface area contributed by atoms with Gasteiger partial charge in [-0.2, -0.15) is 0 Å². The van der Waals surface area contributed by atoms with Gasteiger partial charge in [-0.15, -0.1) is 0 Å². The number of nitrogens with one attached hydrogen (secondary N) is 1. The number of ether oxygens (including phenoxy) is 1. The molecule has 27 heavy (non-hydrogen) atoms. The fourth-order valence-electron chi connectivity index (χ4n) is 2.30. The van der Waals surface area contributed by atoms with Crippen LogP contribution in [-0.4, -0.2) is 24.7 Å². The fourth-order valence-corrected chi connectivity index (χ4v) is 2.56. The highest BCUT2D eigenvalue weighted by Gasteiger charge is 2.21. The predicted molar refractivity (Wildman–Crippen MR) is 112 cm³/mol. The highest BCUT2D eigenvalue weighted by Crippen LogP contribution is 2.31. The van der Waals surface area contributed by atoms with Crippen molar-refractivity contribution in [2.45, 2.75) is 67.7 Å². The lowest BCUT2D eigenvalue weighted by atomic mass is 10.0. The minimum absolute atomic E-state index is 0.0164. The molecule has 1 fully saturated rings. The summed E-state index contributed by atoms with van der Waals surface area (Å²) >= 11 is 5.95. The van der Waals surface area contributed by atoms with E-state index in [0.29, 0.717) is 29.2 Å². The predicted octanol–water partition coefficient (Wildman–Crippen LogP) is 5.23. The number of rotatable bonds is 3. The van der Waals surface area contributed by atoms with E-state index in [0.717, 1.165) is 12.0 Å². The Morgan fingerprint density at radius 1 is 1.22 bits per heavy atom. The highest BCUT2D eigenvalue weighted by atomic mass is 35.5. The maximum atomic E-state index is 11.3. The van der Waals surface area contributed by atoms with Crippen molar-refractivity contribution >= 4 is 29.2 Å². The van der Waals surface area contributed by atoms with Gasteiger partial charge in [-0.25, -0.2) is 0 Å². The van der Waals surface area contributed by atoms with E-state index < -0.39 is 0 Å². The van der Waals surface area contributed by atoms with Crippen molar-refractivity contribution in [2.75, 3.05) is 7.11 Å². The second-order valence-corrected chi connectivity index (χ2v) is 5.78. The molecule has 0 spiro atoms.